The number of H-pyrrole nitrogens is 1. The number of aromatic amines is 1. The molecule has 7 rings (SSSR count). The van der Waals surface area contributed by atoms with Crippen LogP contribution in [0.5, 0.6) is 5.75 Å². The summed E-state index contributed by atoms with van der Waals surface area (Å²) in [6.45, 7) is 2.52. The first-order chi connectivity index (χ1) is 21.9. The number of piperidine rings is 1. The zero-order chi connectivity index (χ0) is 31.1. The molecule has 2 saturated heterocycles. The van der Waals surface area contributed by atoms with E-state index in [4.69, 9.17) is 25.2 Å². The third-order valence-electron chi connectivity index (χ3n) is 8.82. The number of nitrogen functional groups attached to an aromatic ring is 1. The van der Waals surface area contributed by atoms with Crippen molar-refractivity contribution in [1.29, 1.82) is 0 Å². The van der Waals surface area contributed by atoms with Crippen molar-refractivity contribution < 1.29 is 19.1 Å². The average molecular weight is 608 g/mol. The predicted octanol–water partition coefficient (Wildman–Crippen LogP) is 3.94. The van der Waals surface area contributed by atoms with Crippen LogP contribution in [0.2, 0.25) is 0 Å². The van der Waals surface area contributed by atoms with Crippen LogP contribution in [-0.2, 0) is 4.74 Å². The summed E-state index contributed by atoms with van der Waals surface area (Å²) in [5, 5.41) is 11.0. The summed E-state index contributed by atoms with van der Waals surface area (Å²) in [5.74, 6) is 0.918. The average Bonchev–Trinajstić information content (AvgIpc) is 3.80. The van der Waals surface area contributed by atoms with E-state index in [0.717, 1.165) is 41.0 Å². The van der Waals surface area contributed by atoms with E-state index >= 15 is 0 Å². The van der Waals surface area contributed by atoms with Crippen LogP contribution in [0.3, 0.4) is 0 Å². The van der Waals surface area contributed by atoms with Crippen LogP contribution in [0.4, 0.5) is 5.82 Å². The fourth-order valence-corrected chi connectivity index (χ4v) is 6.74. The van der Waals surface area contributed by atoms with E-state index in [9.17, 15) is 9.59 Å². The zero-order valence-electron chi connectivity index (χ0n) is 25.0. The first kappa shape index (κ1) is 28.6. The first-order valence-corrected chi connectivity index (χ1v) is 15.0. The Labute approximate surface area is 258 Å². The molecule has 230 valence electrons. The number of anilines is 1. The maximum atomic E-state index is 13.2. The standard InChI is InChI=1S/C32H33N9O4/c1-18(42)27-28(21-13-22-6-7-23(14-21)40(22)32(43)30-35-17-36-39-30)38-31-25(16-37-41(31)29(27)33)20-5-10-26(34-15-20)19-3-8-24(9-4-19)45-12-11-44-2/h3-5,8-10,15-17,21-23H,6-7,11-14,33H2,1-2H3,(H,35,36,39)/t21?,22-,23+. The van der Waals surface area contributed by atoms with Crippen molar-refractivity contribution in [2.45, 2.75) is 50.6 Å². The van der Waals surface area contributed by atoms with Gasteiger partial charge in [0.2, 0.25) is 5.82 Å². The lowest BCUT2D eigenvalue weighted by atomic mass is 9.85. The molecule has 45 heavy (non-hydrogen) atoms. The van der Waals surface area contributed by atoms with Crippen LogP contribution < -0.4 is 10.5 Å². The van der Waals surface area contributed by atoms with E-state index in [0.29, 0.717) is 43.0 Å². The van der Waals surface area contributed by atoms with Gasteiger partial charge in [-0.1, -0.05) is 6.07 Å². The third-order valence-corrected chi connectivity index (χ3v) is 8.82. The molecule has 1 unspecified atom stereocenters. The molecule has 4 aromatic heterocycles. The van der Waals surface area contributed by atoms with E-state index in [1.54, 1.807) is 19.5 Å². The van der Waals surface area contributed by atoms with Gasteiger partial charge >= 0.3 is 0 Å². The van der Waals surface area contributed by atoms with Gasteiger partial charge < -0.3 is 20.1 Å². The Morgan fingerprint density at radius 1 is 1.00 bits per heavy atom. The Kier molecular flexibility index (Phi) is 7.45. The molecule has 3 atom stereocenters. The summed E-state index contributed by atoms with van der Waals surface area (Å²) in [6, 6.07) is 11.7. The Morgan fingerprint density at radius 2 is 1.76 bits per heavy atom. The molecule has 0 spiro atoms. The zero-order valence-corrected chi connectivity index (χ0v) is 25.0. The highest BCUT2D eigenvalue weighted by Crippen LogP contribution is 2.45. The van der Waals surface area contributed by atoms with Gasteiger partial charge in [-0.2, -0.15) is 14.7 Å². The van der Waals surface area contributed by atoms with Crippen LogP contribution in [0.15, 0.2) is 55.1 Å². The normalized spacial score (nSPS) is 19.2. The minimum absolute atomic E-state index is 0.0116. The maximum Gasteiger partial charge on any atom is 0.291 e. The molecule has 2 fully saturated rings. The number of carbonyl (C=O) groups excluding carboxylic acids is 2. The number of amides is 1. The molecule has 2 aliphatic rings. The van der Waals surface area contributed by atoms with Gasteiger partial charge in [0, 0.05) is 48.0 Å². The highest BCUT2D eigenvalue weighted by atomic mass is 16.5. The Morgan fingerprint density at radius 3 is 2.40 bits per heavy atom. The lowest BCUT2D eigenvalue weighted by Gasteiger charge is -2.38. The number of ketones is 1. The Balaban J connectivity index is 1.18. The van der Waals surface area contributed by atoms with Gasteiger partial charge in [-0.3, -0.25) is 19.7 Å². The molecular formula is C32H33N9O4. The van der Waals surface area contributed by atoms with Crippen molar-refractivity contribution in [2.75, 3.05) is 26.1 Å². The number of benzene rings is 1. The number of methoxy groups -OCH3 is 1. The molecule has 1 aromatic carbocycles. The smallest absolute Gasteiger partial charge is 0.291 e. The van der Waals surface area contributed by atoms with Gasteiger partial charge in [0.05, 0.1) is 29.8 Å². The number of hydrogen-bond donors (Lipinski definition) is 2. The van der Waals surface area contributed by atoms with E-state index in [1.165, 1.54) is 17.8 Å². The van der Waals surface area contributed by atoms with E-state index < -0.39 is 0 Å². The second-order valence-corrected chi connectivity index (χ2v) is 11.5. The van der Waals surface area contributed by atoms with Gasteiger partial charge in [0.25, 0.3) is 5.91 Å². The van der Waals surface area contributed by atoms with Gasteiger partial charge in [0.1, 0.15) is 24.5 Å². The van der Waals surface area contributed by atoms with Crippen molar-refractivity contribution in [3.05, 3.63) is 72.2 Å². The number of fused-ring (bicyclic) bond motifs is 3. The summed E-state index contributed by atoms with van der Waals surface area (Å²) >= 11 is 0. The topological polar surface area (TPSA) is 167 Å². The first-order valence-electron chi connectivity index (χ1n) is 15.0. The third kappa shape index (κ3) is 5.18. The fraction of sp³-hybridized carbons (Fsp3) is 0.344. The minimum atomic E-state index is -0.164. The number of carbonyl (C=O) groups is 2. The largest absolute Gasteiger partial charge is 0.491 e. The van der Waals surface area contributed by atoms with E-state index in [2.05, 4.69) is 20.3 Å². The maximum absolute atomic E-state index is 13.2. The number of nitrogens with zero attached hydrogens (tertiary/aromatic N) is 7. The molecule has 2 aliphatic heterocycles. The van der Waals surface area contributed by atoms with Gasteiger partial charge in [-0.15, -0.1) is 0 Å². The van der Waals surface area contributed by atoms with Crippen LogP contribution >= 0.6 is 0 Å². The monoisotopic (exact) mass is 607 g/mol. The number of pyridine rings is 1. The molecule has 0 radical (unpaired) electrons. The van der Waals surface area contributed by atoms with Crippen molar-refractivity contribution in [3.8, 4) is 28.1 Å². The molecule has 3 N–H and O–H groups in total. The second kappa shape index (κ2) is 11.7. The van der Waals surface area contributed by atoms with E-state index in [1.807, 2.05) is 41.3 Å². The number of rotatable bonds is 9. The number of nitrogens with two attached hydrogens (primary N) is 1. The van der Waals surface area contributed by atoms with Crippen LogP contribution in [-0.4, -0.2) is 83.8 Å². The van der Waals surface area contributed by atoms with Gasteiger partial charge in [0.15, 0.2) is 11.4 Å². The lowest BCUT2D eigenvalue weighted by molar-refractivity contribution is 0.0556. The van der Waals surface area contributed by atoms with Crippen molar-refractivity contribution >= 4 is 23.2 Å². The summed E-state index contributed by atoms with van der Waals surface area (Å²) in [7, 11) is 1.64. The SMILES string of the molecule is COCCOc1ccc(-c2ccc(-c3cnn4c(N)c(C(C)=O)c(C5C[C@H]6CC[C@@H](C5)N6C(=O)c5ncn[nH]5)nc34)cn2)cc1. The molecular weight excluding hydrogens is 574 g/mol. The van der Waals surface area contributed by atoms with Crippen molar-refractivity contribution in [3.63, 3.8) is 0 Å². The lowest BCUT2D eigenvalue weighted by Crippen LogP contribution is -2.46. The Bertz CT molecular complexity index is 1840. The molecule has 13 heteroatoms. The number of aromatic nitrogens is 7. The number of hydrogen-bond acceptors (Lipinski definition) is 10. The van der Waals surface area contributed by atoms with Crippen molar-refractivity contribution in [1.82, 2.24) is 39.7 Å². The molecule has 1 amide bonds. The Hall–Kier alpha value is -5.17. The number of nitrogens with one attached hydrogen (secondary N) is 1. The molecule has 13 nitrogen and oxygen atoms in total. The van der Waals surface area contributed by atoms with Crippen molar-refractivity contribution in [2.24, 2.45) is 0 Å². The second-order valence-electron chi connectivity index (χ2n) is 11.5. The molecule has 5 aromatic rings. The summed E-state index contributed by atoms with van der Waals surface area (Å²) in [6.07, 6.45) is 7.95. The predicted molar refractivity (Wildman–Crippen MR) is 165 cm³/mol. The fourth-order valence-electron chi connectivity index (χ4n) is 6.74. The summed E-state index contributed by atoms with van der Waals surface area (Å²) < 4.78 is 12.2. The quantitative estimate of drug-likeness (QED) is 0.185. The minimum Gasteiger partial charge on any atom is -0.491 e. The van der Waals surface area contributed by atoms with Crippen LogP contribution in [0.1, 0.15) is 65.2 Å². The molecule has 2 bridgehead atoms. The van der Waals surface area contributed by atoms with Crippen LogP contribution in [0, 0.1) is 0 Å². The van der Waals surface area contributed by atoms with E-state index in [-0.39, 0.29) is 41.3 Å². The summed E-state index contributed by atoms with van der Waals surface area (Å²) in [4.78, 5) is 41.9. The van der Waals surface area contributed by atoms with Crippen LogP contribution in [0.25, 0.3) is 28.0 Å². The van der Waals surface area contributed by atoms with Gasteiger partial charge in [-0.05, 0) is 62.9 Å². The number of Topliss-reactive ketones (excluding diaryl/α,β-unsaturated/α-hetero) is 1. The highest BCUT2D eigenvalue weighted by Gasteiger charge is 2.45. The molecule has 6 heterocycles. The summed E-state index contributed by atoms with van der Waals surface area (Å²) in [5.41, 5.74) is 11.6. The molecule has 0 saturated carbocycles. The number of ether oxygens (including phenoxy) is 2. The van der Waals surface area contributed by atoms with Gasteiger partial charge in [-0.25, -0.2) is 9.97 Å². The molecule has 0 aliphatic carbocycles. The highest BCUT2D eigenvalue weighted by molar-refractivity contribution is 6.00.